The first-order valence-electron chi connectivity index (χ1n) is 8.01. The number of benzene rings is 2. The van der Waals surface area contributed by atoms with Gasteiger partial charge in [-0.15, -0.1) is 16.8 Å². The van der Waals surface area contributed by atoms with Gasteiger partial charge in [0.2, 0.25) is 11.0 Å². The Morgan fingerprint density at radius 2 is 2.08 bits per heavy atom. The SMILES string of the molecule is C=CCSc1nnc2c(n1)O[C@H](c1cccc(F)c1)Nc1ccccc1-2. The van der Waals surface area contributed by atoms with Crippen molar-refractivity contribution in [3.05, 3.63) is 72.6 Å². The van der Waals surface area contributed by atoms with Crippen molar-refractivity contribution in [3.63, 3.8) is 0 Å². The number of hydrogen-bond acceptors (Lipinski definition) is 6. The Hall–Kier alpha value is -2.93. The third-order valence-corrected chi connectivity index (χ3v) is 4.65. The minimum absolute atomic E-state index is 0.325. The Kier molecular flexibility index (Phi) is 4.53. The number of rotatable bonds is 4. The van der Waals surface area contributed by atoms with Crippen molar-refractivity contribution in [1.29, 1.82) is 0 Å². The van der Waals surface area contributed by atoms with Gasteiger partial charge in [0, 0.05) is 22.6 Å². The van der Waals surface area contributed by atoms with Crippen LogP contribution < -0.4 is 10.1 Å². The molecule has 1 aliphatic heterocycles. The minimum Gasteiger partial charge on any atom is -0.448 e. The number of para-hydroxylation sites is 1. The summed E-state index contributed by atoms with van der Waals surface area (Å²) in [6.45, 7) is 3.69. The maximum Gasteiger partial charge on any atom is 0.247 e. The van der Waals surface area contributed by atoms with E-state index in [-0.39, 0.29) is 5.82 Å². The molecule has 2 heterocycles. The van der Waals surface area contributed by atoms with Crippen molar-refractivity contribution in [2.24, 2.45) is 0 Å². The van der Waals surface area contributed by atoms with Crippen LogP contribution in [0.2, 0.25) is 0 Å². The lowest BCUT2D eigenvalue weighted by Gasteiger charge is -2.19. The molecule has 0 amide bonds. The fraction of sp³-hybridized carbons (Fsp3) is 0.105. The Balaban J connectivity index is 1.80. The van der Waals surface area contributed by atoms with Crippen LogP contribution in [0.25, 0.3) is 11.3 Å². The van der Waals surface area contributed by atoms with Gasteiger partial charge in [-0.1, -0.05) is 48.2 Å². The van der Waals surface area contributed by atoms with E-state index in [4.69, 9.17) is 4.74 Å². The maximum absolute atomic E-state index is 13.7. The van der Waals surface area contributed by atoms with Gasteiger partial charge in [-0.3, -0.25) is 0 Å². The summed E-state index contributed by atoms with van der Waals surface area (Å²) in [6, 6.07) is 14.0. The zero-order chi connectivity index (χ0) is 17.9. The Bertz CT molecular complexity index is 966. The Morgan fingerprint density at radius 1 is 1.19 bits per heavy atom. The Labute approximate surface area is 154 Å². The van der Waals surface area contributed by atoms with Gasteiger partial charge in [-0.25, -0.2) is 4.39 Å². The lowest BCUT2D eigenvalue weighted by Crippen LogP contribution is -2.17. The molecule has 1 aromatic heterocycles. The van der Waals surface area contributed by atoms with E-state index in [9.17, 15) is 4.39 Å². The summed E-state index contributed by atoms with van der Waals surface area (Å²) in [5, 5.41) is 12.3. The van der Waals surface area contributed by atoms with Crippen molar-refractivity contribution in [2.75, 3.05) is 11.1 Å². The van der Waals surface area contributed by atoms with Gasteiger partial charge >= 0.3 is 0 Å². The molecule has 7 heteroatoms. The first-order chi connectivity index (χ1) is 12.7. The molecule has 0 saturated carbocycles. The summed E-state index contributed by atoms with van der Waals surface area (Å²) in [7, 11) is 0. The van der Waals surface area contributed by atoms with Crippen LogP contribution >= 0.6 is 11.8 Å². The van der Waals surface area contributed by atoms with Crippen molar-refractivity contribution >= 4 is 17.4 Å². The van der Waals surface area contributed by atoms with Crippen LogP contribution in [0.3, 0.4) is 0 Å². The van der Waals surface area contributed by atoms with Crippen LogP contribution in [0.5, 0.6) is 5.88 Å². The van der Waals surface area contributed by atoms with Crippen LogP contribution in [-0.2, 0) is 0 Å². The Morgan fingerprint density at radius 3 is 2.92 bits per heavy atom. The summed E-state index contributed by atoms with van der Waals surface area (Å²) in [5.41, 5.74) is 2.87. The molecule has 0 saturated heterocycles. The highest BCUT2D eigenvalue weighted by atomic mass is 32.2. The molecule has 0 aliphatic carbocycles. The second-order valence-corrected chi connectivity index (χ2v) is 6.58. The number of hydrogen-bond donors (Lipinski definition) is 1. The molecule has 0 spiro atoms. The van der Waals surface area contributed by atoms with Crippen LogP contribution in [-0.4, -0.2) is 20.9 Å². The number of aromatic nitrogens is 3. The maximum atomic E-state index is 13.7. The van der Waals surface area contributed by atoms with Gasteiger partial charge in [-0.2, -0.15) is 4.98 Å². The van der Waals surface area contributed by atoms with Crippen molar-refractivity contribution in [2.45, 2.75) is 11.4 Å². The van der Waals surface area contributed by atoms with Crippen LogP contribution in [0.1, 0.15) is 11.8 Å². The molecule has 0 unspecified atom stereocenters. The third-order valence-electron chi connectivity index (χ3n) is 3.82. The smallest absolute Gasteiger partial charge is 0.247 e. The largest absolute Gasteiger partial charge is 0.448 e. The number of fused-ring (bicyclic) bond motifs is 3. The van der Waals surface area contributed by atoms with Gasteiger partial charge < -0.3 is 10.1 Å². The molecule has 0 radical (unpaired) electrons. The summed E-state index contributed by atoms with van der Waals surface area (Å²) < 4.78 is 19.8. The topological polar surface area (TPSA) is 59.9 Å². The standard InChI is InChI=1S/C19H15FN4OS/c1-2-10-26-19-22-18-16(23-24-19)14-8-3-4-9-15(14)21-17(25-18)12-6-5-7-13(20)11-12/h2-9,11,17,21H,1,10H2/t17-/m1/s1. The summed E-state index contributed by atoms with van der Waals surface area (Å²) in [4.78, 5) is 4.49. The molecule has 130 valence electrons. The number of nitrogens with one attached hydrogen (secondary N) is 1. The van der Waals surface area contributed by atoms with Gasteiger partial charge in [0.05, 0.1) is 0 Å². The zero-order valence-corrected chi connectivity index (χ0v) is 14.5. The van der Waals surface area contributed by atoms with Gasteiger partial charge in [0.15, 0.2) is 11.9 Å². The summed E-state index contributed by atoms with van der Waals surface area (Å²) >= 11 is 1.42. The predicted molar refractivity (Wildman–Crippen MR) is 99.6 cm³/mol. The second-order valence-electron chi connectivity index (χ2n) is 5.59. The molecule has 26 heavy (non-hydrogen) atoms. The average molecular weight is 366 g/mol. The molecule has 0 bridgehead atoms. The molecule has 5 nitrogen and oxygen atoms in total. The molecule has 1 aliphatic rings. The average Bonchev–Trinajstić information content (AvgIpc) is 2.83. The normalized spacial score (nSPS) is 15.0. The lowest BCUT2D eigenvalue weighted by molar-refractivity contribution is 0.225. The van der Waals surface area contributed by atoms with E-state index in [1.807, 2.05) is 24.3 Å². The van der Waals surface area contributed by atoms with Crippen LogP contribution in [0, 0.1) is 5.82 Å². The summed E-state index contributed by atoms with van der Waals surface area (Å²) in [5.74, 6) is 0.704. The minimum atomic E-state index is -0.595. The van der Waals surface area contributed by atoms with Crippen LogP contribution in [0.15, 0.2) is 66.3 Å². The molecule has 1 N–H and O–H groups in total. The molecule has 1 atom stereocenters. The summed E-state index contributed by atoms with van der Waals surface area (Å²) in [6.07, 6.45) is 1.18. The first kappa shape index (κ1) is 16.5. The monoisotopic (exact) mass is 366 g/mol. The second kappa shape index (κ2) is 7.13. The molecular weight excluding hydrogens is 351 g/mol. The number of ether oxygens (including phenoxy) is 1. The van der Waals surface area contributed by atoms with Gasteiger partial charge in [-0.05, 0) is 18.2 Å². The molecule has 2 aromatic carbocycles. The third kappa shape index (κ3) is 3.25. The van der Waals surface area contributed by atoms with Gasteiger partial charge in [0.25, 0.3) is 0 Å². The quantitative estimate of drug-likeness (QED) is 0.543. The van der Waals surface area contributed by atoms with Crippen molar-refractivity contribution in [3.8, 4) is 17.1 Å². The lowest BCUT2D eigenvalue weighted by atomic mass is 10.1. The number of anilines is 1. The van der Waals surface area contributed by atoms with E-state index < -0.39 is 6.23 Å². The molecule has 0 fully saturated rings. The zero-order valence-electron chi connectivity index (χ0n) is 13.7. The van der Waals surface area contributed by atoms with E-state index in [1.54, 1.807) is 18.2 Å². The fourth-order valence-electron chi connectivity index (χ4n) is 2.66. The van der Waals surface area contributed by atoms with Crippen LogP contribution in [0.4, 0.5) is 10.1 Å². The predicted octanol–water partition coefficient (Wildman–Crippen LogP) is 4.46. The highest BCUT2D eigenvalue weighted by molar-refractivity contribution is 7.99. The van der Waals surface area contributed by atoms with E-state index in [0.717, 1.165) is 11.3 Å². The number of thioether (sulfide) groups is 1. The van der Waals surface area contributed by atoms with E-state index in [0.29, 0.717) is 28.0 Å². The van der Waals surface area contributed by atoms with Crippen molar-refractivity contribution in [1.82, 2.24) is 15.2 Å². The van der Waals surface area contributed by atoms with E-state index in [1.165, 1.54) is 23.9 Å². The molecular formula is C19H15FN4OS. The highest BCUT2D eigenvalue weighted by Gasteiger charge is 2.26. The van der Waals surface area contributed by atoms with E-state index in [2.05, 4.69) is 27.1 Å². The van der Waals surface area contributed by atoms with Crippen molar-refractivity contribution < 1.29 is 9.13 Å². The number of halogens is 1. The fourth-order valence-corrected chi connectivity index (χ4v) is 3.18. The number of nitrogens with zero attached hydrogens (tertiary/aromatic N) is 3. The first-order valence-corrected chi connectivity index (χ1v) is 8.99. The highest BCUT2D eigenvalue weighted by Crippen LogP contribution is 2.39. The van der Waals surface area contributed by atoms with E-state index >= 15 is 0 Å². The van der Waals surface area contributed by atoms with Gasteiger partial charge in [0.1, 0.15) is 5.82 Å². The molecule has 3 aromatic rings. The molecule has 4 rings (SSSR count).